The molecule has 3 amide bonds. The highest BCUT2D eigenvalue weighted by molar-refractivity contribution is 7.88. The lowest BCUT2D eigenvalue weighted by atomic mass is 10.0. The van der Waals surface area contributed by atoms with Crippen LogP contribution in [-0.4, -0.2) is 72.3 Å². The van der Waals surface area contributed by atoms with Crippen molar-refractivity contribution in [3.63, 3.8) is 0 Å². The highest BCUT2D eigenvalue weighted by atomic mass is 35.5. The lowest BCUT2D eigenvalue weighted by Crippen LogP contribution is -2.59. The van der Waals surface area contributed by atoms with Crippen LogP contribution in [0.4, 0.5) is 4.79 Å². The number of nitrogens with zero attached hydrogens (tertiary/aromatic N) is 1. The molecule has 13 heteroatoms. The summed E-state index contributed by atoms with van der Waals surface area (Å²) in [6.45, 7) is 5.56. The molecular formula is C30H43ClN4O7S. The molecule has 4 rings (SSSR count). The standard InChI is InChI=1S/C30H43ClN4O7S/c1-29(2,3)42-28(39)32-23-15-8-6-4-5-7-13-21-18-30(21,33-25(36)24-16-11-17-35(24)26(23)37)27(38)34-43(40,41)19-20-12-9-10-14-22(20)31/h7,9-10,12-14,21,23-24,27,34,38H,4-6,8,11,15-19H2,1-3H3,(H,32,39)(H,33,36)/b13-7-/t21-,23+,24+,27?,30-/m1/s1. The Kier molecular flexibility index (Phi) is 10.5. The Morgan fingerprint density at radius 3 is 2.65 bits per heavy atom. The SMILES string of the molecule is CC(C)(C)OC(=O)N[C@H]1CCCCC/C=C\[C@@H]2C[C@@]2(C(O)NS(=O)(=O)Cc2ccccc2Cl)NC(=O)[C@@H]2CCCN2C1=O. The van der Waals surface area contributed by atoms with Crippen molar-refractivity contribution >= 4 is 39.5 Å². The van der Waals surface area contributed by atoms with E-state index in [1.54, 1.807) is 45.0 Å². The molecule has 43 heavy (non-hydrogen) atoms. The summed E-state index contributed by atoms with van der Waals surface area (Å²) in [5.41, 5.74) is -1.62. The molecule has 0 radical (unpaired) electrons. The van der Waals surface area contributed by atoms with E-state index in [1.807, 2.05) is 12.2 Å². The highest BCUT2D eigenvalue weighted by Crippen LogP contribution is 2.47. The van der Waals surface area contributed by atoms with Gasteiger partial charge in [-0.25, -0.2) is 13.2 Å². The van der Waals surface area contributed by atoms with Crippen molar-refractivity contribution in [3.8, 4) is 0 Å². The molecule has 0 aromatic heterocycles. The summed E-state index contributed by atoms with van der Waals surface area (Å²) in [6.07, 6.45) is 6.42. The summed E-state index contributed by atoms with van der Waals surface area (Å²) in [4.78, 5) is 41.5. The summed E-state index contributed by atoms with van der Waals surface area (Å²) in [5, 5.41) is 17.2. The Morgan fingerprint density at radius 1 is 1.19 bits per heavy atom. The van der Waals surface area contributed by atoms with Gasteiger partial charge in [0.05, 0.1) is 11.3 Å². The first-order valence-corrected chi connectivity index (χ1v) is 16.9. The third-order valence-corrected chi connectivity index (χ3v) is 9.70. The number of amides is 3. The van der Waals surface area contributed by atoms with Gasteiger partial charge < -0.3 is 25.4 Å². The number of fused-ring (bicyclic) bond motifs is 2. The number of alkyl carbamates (subject to hydrolysis) is 1. The van der Waals surface area contributed by atoms with Crippen molar-refractivity contribution in [2.75, 3.05) is 6.54 Å². The summed E-state index contributed by atoms with van der Waals surface area (Å²) in [6, 6.07) is 4.88. The van der Waals surface area contributed by atoms with Crippen LogP contribution in [0.2, 0.25) is 5.02 Å². The molecule has 3 aliphatic rings. The number of nitrogens with one attached hydrogen (secondary N) is 3. The Morgan fingerprint density at radius 2 is 1.93 bits per heavy atom. The van der Waals surface area contributed by atoms with Gasteiger partial charge in [0.25, 0.3) is 0 Å². The van der Waals surface area contributed by atoms with Gasteiger partial charge in [-0.15, -0.1) is 0 Å². The van der Waals surface area contributed by atoms with Crippen molar-refractivity contribution in [3.05, 3.63) is 47.0 Å². The van der Waals surface area contributed by atoms with Gasteiger partial charge in [-0.05, 0) is 70.9 Å². The molecule has 238 valence electrons. The van der Waals surface area contributed by atoms with Gasteiger partial charge in [0, 0.05) is 17.5 Å². The summed E-state index contributed by atoms with van der Waals surface area (Å²) < 4.78 is 33.8. The maximum atomic E-state index is 13.7. The fourth-order valence-corrected chi connectivity index (χ4v) is 7.36. The molecular weight excluding hydrogens is 596 g/mol. The van der Waals surface area contributed by atoms with E-state index in [0.717, 1.165) is 19.3 Å². The molecule has 5 atom stereocenters. The van der Waals surface area contributed by atoms with E-state index in [0.29, 0.717) is 49.2 Å². The van der Waals surface area contributed by atoms with Gasteiger partial charge in [0.1, 0.15) is 23.9 Å². The fraction of sp³-hybridized carbons (Fsp3) is 0.633. The number of carbonyl (C=O) groups is 3. The quantitative estimate of drug-likeness (QED) is 0.275. The van der Waals surface area contributed by atoms with Crippen molar-refractivity contribution in [1.29, 1.82) is 0 Å². The van der Waals surface area contributed by atoms with Crippen molar-refractivity contribution in [2.45, 2.75) is 107 Å². The van der Waals surface area contributed by atoms with Crippen LogP contribution in [0.15, 0.2) is 36.4 Å². The van der Waals surface area contributed by atoms with Crippen LogP contribution in [0.5, 0.6) is 0 Å². The maximum Gasteiger partial charge on any atom is 0.408 e. The van der Waals surface area contributed by atoms with Crippen molar-refractivity contribution in [1.82, 2.24) is 20.3 Å². The zero-order valence-electron chi connectivity index (χ0n) is 25.0. The monoisotopic (exact) mass is 638 g/mol. The van der Waals surface area contributed by atoms with E-state index in [1.165, 1.54) is 4.90 Å². The third-order valence-electron chi connectivity index (χ3n) is 8.06. The largest absolute Gasteiger partial charge is 0.444 e. The topological polar surface area (TPSA) is 154 Å². The molecule has 1 saturated heterocycles. The molecule has 1 unspecified atom stereocenters. The van der Waals surface area contributed by atoms with Gasteiger partial charge in [0.2, 0.25) is 21.8 Å². The van der Waals surface area contributed by atoms with Crippen molar-refractivity contribution < 1.29 is 32.6 Å². The summed E-state index contributed by atoms with van der Waals surface area (Å²) in [7, 11) is -4.04. The average Bonchev–Trinajstić information content (AvgIpc) is 3.36. The number of hydrogen-bond acceptors (Lipinski definition) is 7. The number of benzene rings is 1. The van der Waals surface area contributed by atoms with Gasteiger partial charge in [-0.3, -0.25) is 9.59 Å². The Bertz CT molecular complexity index is 1330. The van der Waals surface area contributed by atoms with E-state index in [2.05, 4.69) is 15.4 Å². The van der Waals surface area contributed by atoms with E-state index in [-0.39, 0.29) is 11.8 Å². The lowest BCUT2D eigenvalue weighted by Gasteiger charge is -2.32. The van der Waals surface area contributed by atoms with Crippen LogP contribution in [0.25, 0.3) is 0 Å². The van der Waals surface area contributed by atoms with Crippen LogP contribution < -0.4 is 15.4 Å². The highest BCUT2D eigenvalue weighted by Gasteiger charge is 2.60. The lowest BCUT2D eigenvalue weighted by molar-refractivity contribution is -0.141. The zero-order valence-corrected chi connectivity index (χ0v) is 26.5. The number of aliphatic hydroxyl groups is 1. The van der Waals surface area contributed by atoms with Gasteiger partial charge in [-0.1, -0.05) is 54.8 Å². The molecule has 2 aliphatic heterocycles. The Labute approximate surface area is 258 Å². The number of hydrogen-bond donors (Lipinski definition) is 4. The van der Waals surface area contributed by atoms with Crippen molar-refractivity contribution in [2.24, 2.45) is 5.92 Å². The predicted molar refractivity (Wildman–Crippen MR) is 162 cm³/mol. The molecule has 0 bridgehead atoms. The molecule has 1 saturated carbocycles. The number of sulfonamides is 1. The van der Waals surface area contributed by atoms with Crippen LogP contribution in [0.3, 0.4) is 0 Å². The minimum absolute atomic E-state index is 0.292. The van der Waals surface area contributed by atoms with Crippen LogP contribution in [-0.2, 0) is 30.1 Å². The molecule has 4 N–H and O–H groups in total. The van der Waals surface area contributed by atoms with Gasteiger partial charge >= 0.3 is 6.09 Å². The second-order valence-corrected chi connectivity index (χ2v) is 14.8. The molecule has 1 aromatic rings. The normalized spacial score (nSPS) is 28.4. The smallest absolute Gasteiger partial charge is 0.408 e. The van der Waals surface area contributed by atoms with E-state index in [4.69, 9.17) is 16.3 Å². The maximum absolute atomic E-state index is 13.7. The summed E-state index contributed by atoms with van der Waals surface area (Å²) in [5.74, 6) is -1.58. The fourth-order valence-electron chi connectivity index (χ4n) is 5.78. The summed E-state index contributed by atoms with van der Waals surface area (Å²) >= 11 is 6.16. The number of allylic oxidation sites excluding steroid dienone is 1. The second-order valence-electron chi connectivity index (χ2n) is 12.7. The number of rotatable bonds is 6. The molecule has 0 spiro atoms. The average molecular weight is 639 g/mol. The molecule has 2 fully saturated rings. The molecule has 1 aromatic carbocycles. The number of carbonyl (C=O) groups excluding carboxylic acids is 3. The first-order chi connectivity index (χ1) is 20.2. The van der Waals surface area contributed by atoms with Gasteiger partial charge in [-0.2, -0.15) is 4.72 Å². The second kappa shape index (κ2) is 13.5. The van der Waals surface area contributed by atoms with Gasteiger partial charge in [0.15, 0.2) is 0 Å². The minimum Gasteiger partial charge on any atom is -0.444 e. The minimum atomic E-state index is -4.04. The third kappa shape index (κ3) is 8.71. The van der Waals surface area contributed by atoms with Crippen LogP contribution in [0.1, 0.15) is 77.7 Å². The van der Waals surface area contributed by atoms with E-state index < -0.39 is 57.2 Å². The predicted octanol–water partition coefficient (Wildman–Crippen LogP) is 3.36. The van der Waals surface area contributed by atoms with E-state index in [9.17, 15) is 27.9 Å². The molecule has 2 heterocycles. The Balaban J connectivity index is 1.53. The van der Waals surface area contributed by atoms with E-state index >= 15 is 0 Å². The Hall–Kier alpha value is -2.67. The van der Waals surface area contributed by atoms with Crippen LogP contribution >= 0.6 is 11.6 Å². The first kappa shape index (κ1) is 33.2. The molecule has 1 aliphatic carbocycles. The number of aliphatic hydroxyl groups excluding tert-OH is 1. The van der Waals surface area contributed by atoms with Crippen LogP contribution in [0, 0.1) is 5.92 Å². The zero-order chi connectivity index (χ0) is 31.4. The molecule has 11 nitrogen and oxygen atoms in total. The number of ether oxygens (including phenoxy) is 1. The first-order valence-electron chi connectivity index (χ1n) is 14.9. The number of halogens is 1.